The van der Waals surface area contributed by atoms with Crippen molar-refractivity contribution in [2.75, 3.05) is 31.5 Å². The van der Waals surface area contributed by atoms with Crippen molar-refractivity contribution in [3.63, 3.8) is 0 Å². The maximum absolute atomic E-state index is 12.2. The number of nitrogens with zero attached hydrogens (tertiary/aromatic N) is 4. The molecule has 2 amide bonds. The molecule has 0 saturated carbocycles. The fourth-order valence-electron chi connectivity index (χ4n) is 2.69. The Morgan fingerprint density at radius 1 is 1.17 bits per heavy atom. The number of rotatable bonds is 3. The minimum Gasteiger partial charge on any atom is -0.322 e. The van der Waals surface area contributed by atoms with Gasteiger partial charge in [-0.05, 0) is 24.1 Å². The second kappa shape index (κ2) is 7.19. The first-order valence-electron chi connectivity index (χ1n) is 7.81. The summed E-state index contributed by atoms with van der Waals surface area (Å²) in [4.78, 5) is 24.3. The Labute approximate surface area is 136 Å². The van der Waals surface area contributed by atoms with Gasteiger partial charge >= 0.3 is 6.03 Å². The van der Waals surface area contributed by atoms with Gasteiger partial charge in [-0.3, -0.25) is 10.2 Å². The highest BCUT2D eigenvalue weighted by Gasteiger charge is 2.21. The first kappa shape index (κ1) is 15.4. The molecular formula is C17H21N5O. The number of anilines is 1. The molecule has 0 aliphatic carbocycles. The maximum Gasteiger partial charge on any atom is 0.323 e. The molecule has 1 saturated heterocycles. The van der Waals surface area contributed by atoms with Gasteiger partial charge in [-0.2, -0.15) is 0 Å². The van der Waals surface area contributed by atoms with E-state index >= 15 is 0 Å². The van der Waals surface area contributed by atoms with Gasteiger partial charge < -0.3 is 4.90 Å². The molecule has 0 spiro atoms. The van der Waals surface area contributed by atoms with Gasteiger partial charge in [0.25, 0.3) is 0 Å². The molecule has 6 nitrogen and oxygen atoms in total. The van der Waals surface area contributed by atoms with Crippen LogP contribution in [-0.2, 0) is 6.54 Å². The third-order valence-corrected chi connectivity index (χ3v) is 4.13. The molecule has 2 aromatic rings. The summed E-state index contributed by atoms with van der Waals surface area (Å²) < 4.78 is 0. The van der Waals surface area contributed by atoms with Crippen LogP contribution in [0.1, 0.15) is 11.1 Å². The van der Waals surface area contributed by atoms with Crippen molar-refractivity contribution in [1.82, 2.24) is 19.8 Å². The molecule has 120 valence electrons. The molecule has 1 aromatic carbocycles. The van der Waals surface area contributed by atoms with E-state index in [4.69, 9.17) is 0 Å². The van der Waals surface area contributed by atoms with Gasteiger partial charge in [-0.1, -0.05) is 24.3 Å². The number of carbonyl (C=O) groups is 1. The molecular weight excluding hydrogens is 290 g/mol. The van der Waals surface area contributed by atoms with E-state index in [-0.39, 0.29) is 6.03 Å². The first-order valence-corrected chi connectivity index (χ1v) is 7.81. The van der Waals surface area contributed by atoms with E-state index < -0.39 is 0 Å². The van der Waals surface area contributed by atoms with Gasteiger partial charge in [0.05, 0.1) is 0 Å². The van der Waals surface area contributed by atoms with Crippen LogP contribution in [0.5, 0.6) is 0 Å². The van der Waals surface area contributed by atoms with Crippen molar-refractivity contribution < 1.29 is 4.79 Å². The smallest absolute Gasteiger partial charge is 0.322 e. The van der Waals surface area contributed by atoms with Crippen LogP contribution in [0.4, 0.5) is 10.6 Å². The third-order valence-electron chi connectivity index (χ3n) is 4.13. The lowest BCUT2D eigenvalue weighted by molar-refractivity contribution is 0.143. The average molecular weight is 311 g/mol. The Bertz CT molecular complexity index is 653. The zero-order valence-corrected chi connectivity index (χ0v) is 13.3. The van der Waals surface area contributed by atoms with E-state index in [9.17, 15) is 4.79 Å². The fourth-order valence-corrected chi connectivity index (χ4v) is 2.69. The zero-order chi connectivity index (χ0) is 16.1. The number of carbonyl (C=O) groups excluding carboxylic acids is 1. The summed E-state index contributed by atoms with van der Waals surface area (Å²) in [6.45, 7) is 6.29. The second-order valence-corrected chi connectivity index (χ2v) is 5.71. The number of hydrogen-bond donors (Lipinski definition) is 1. The third kappa shape index (κ3) is 4.04. The largest absolute Gasteiger partial charge is 0.323 e. The van der Waals surface area contributed by atoms with Crippen LogP contribution in [0, 0.1) is 6.92 Å². The molecule has 0 radical (unpaired) electrons. The Kier molecular flexibility index (Phi) is 4.83. The predicted octanol–water partition coefficient (Wildman–Crippen LogP) is 2.13. The molecule has 6 heteroatoms. The number of piperazine rings is 1. The van der Waals surface area contributed by atoms with Gasteiger partial charge in [0.2, 0.25) is 0 Å². The van der Waals surface area contributed by atoms with Crippen LogP contribution in [0.25, 0.3) is 0 Å². The number of urea groups is 1. The highest BCUT2D eigenvalue weighted by atomic mass is 16.2. The summed E-state index contributed by atoms with van der Waals surface area (Å²) in [5.41, 5.74) is 2.67. The van der Waals surface area contributed by atoms with Gasteiger partial charge in [-0.15, -0.1) is 0 Å². The van der Waals surface area contributed by atoms with Gasteiger partial charge in [-0.25, -0.2) is 14.8 Å². The molecule has 1 N–H and O–H groups in total. The van der Waals surface area contributed by atoms with Crippen molar-refractivity contribution in [2.45, 2.75) is 13.5 Å². The number of benzene rings is 1. The van der Waals surface area contributed by atoms with Crippen LogP contribution in [0.2, 0.25) is 0 Å². The number of aryl methyl sites for hydroxylation is 1. The van der Waals surface area contributed by atoms with E-state index in [2.05, 4.69) is 51.4 Å². The molecule has 2 heterocycles. The Balaban J connectivity index is 1.50. The molecule has 1 fully saturated rings. The molecule has 0 atom stereocenters. The maximum atomic E-state index is 12.2. The lowest BCUT2D eigenvalue weighted by Crippen LogP contribution is -2.49. The number of hydrogen-bond acceptors (Lipinski definition) is 4. The summed E-state index contributed by atoms with van der Waals surface area (Å²) in [5, 5.41) is 2.80. The molecule has 0 unspecified atom stereocenters. The van der Waals surface area contributed by atoms with Crippen molar-refractivity contribution in [1.29, 1.82) is 0 Å². The zero-order valence-electron chi connectivity index (χ0n) is 13.3. The minimum absolute atomic E-state index is 0.0979. The van der Waals surface area contributed by atoms with Crippen LogP contribution < -0.4 is 5.32 Å². The van der Waals surface area contributed by atoms with Crippen molar-refractivity contribution in [3.8, 4) is 0 Å². The van der Waals surface area contributed by atoms with Gasteiger partial charge in [0, 0.05) is 38.9 Å². The standard InChI is InChI=1S/C17H21N5O/c1-14-4-2-3-5-15(14)12-21-8-10-22(11-9-21)17(23)20-16-6-7-18-13-19-16/h2-7,13H,8-12H2,1H3,(H,18,19,20,23). The molecule has 1 aromatic heterocycles. The SMILES string of the molecule is Cc1ccccc1CN1CCN(C(=O)Nc2ccncn2)CC1. The van der Waals surface area contributed by atoms with Crippen molar-refractivity contribution in [3.05, 3.63) is 54.0 Å². The van der Waals surface area contributed by atoms with E-state index in [0.29, 0.717) is 5.82 Å². The predicted molar refractivity (Wildman–Crippen MR) is 89.1 cm³/mol. The summed E-state index contributed by atoms with van der Waals surface area (Å²) in [6, 6.07) is 10.0. The fraction of sp³-hybridized carbons (Fsp3) is 0.353. The van der Waals surface area contributed by atoms with Crippen molar-refractivity contribution in [2.24, 2.45) is 0 Å². The molecule has 0 bridgehead atoms. The quantitative estimate of drug-likeness (QED) is 0.943. The van der Waals surface area contributed by atoms with Gasteiger partial charge in [0.15, 0.2) is 0 Å². The van der Waals surface area contributed by atoms with Crippen molar-refractivity contribution >= 4 is 11.8 Å². The number of aromatic nitrogens is 2. The number of nitrogens with one attached hydrogen (secondary N) is 1. The van der Waals surface area contributed by atoms with E-state index in [1.165, 1.54) is 17.5 Å². The second-order valence-electron chi connectivity index (χ2n) is 5.71. The summed E-state index contributed by atoms with van der Waals surface area (Å²) in [5.74, 6) is 0.535. The molecule has 3 rings (SSSR count). The molecule has 1 aliphatic heterocycles. The van der Waals surface area contributed by atoms with Crippen LogP contribution in [0.15, 0.2) is 42.9 Å². The first-order chi connectivity index (χ1) is 11.2. The summed E-state index contributed by atoms with van der Waals surface area (Å²) in [6.07, 6.45) is 3.04. The van der Waals surface area contributed by atoms with E-state index in [1.807, 2.05) is 4.90 Å². The van der Waals surface area contributed by atoms with Crippen LogP contribution >= 0.6 is 0 Å². The monoisotopic (exact) mass is 311 g/mol. The highest BCUT2D eigenvalue weighted by molar-refractivity contribution is 5.88. The average Bonchev–Trinajstić information content (AvgIpc) is 2.58. The van der Waals surface area contributed by atoms with Crippen LogP contribution in [-0.4, -0.2) is 52.0 Å². The topological polar surface area (TPSA) is 61.4 Å². The Morgan fingerprint density at radius 3 is 2.65 bits per heavy atom. The van der Waals surface area contributed by atoms with E-state index in [0.717, 1.165) is 32.7 Å². The molecule has 1 aliphatic rings. The lowest BCUT2D eigenvalue weighted by atomic mass is 10.1. The van der Waals surface area contributed by atoms with E-state index in [1.54, 1.807) is 12.3 Å². The molecule has 23 heavy (non-hydrogen) atoms. The van der Waals surface area contributed by atoms with Gasteiger partial charge in [0.1, 0.15) is 12.1 Å². The normalized spacial score (nSPS) is 15.4. The highest BCUT2D eigenvalue weighted by Crippen LogP contribution is 2.13. The minimum atomic E-state index is -0.0979. The summed E-state index contributed by atoms with van der Waals surface area (Å²) >= 11 is 0. The Hall–Kier alpha value is -2.47. The van der Waals surface area contributed by atoms with Crippen LogP contribution in [0.3, 0.4) is 0 Å². The number of amides is 2. The summed E-state index contributed by atoms with van der Waals surface area (Å²) in [7, 11) is 0. The lowest BCUT2D eigenvalue weighted by Gasteiger charge is -2.34. The Morgan fingerprint density at radius 2 is 1.96 bits per heavy atom.